The van der Waals surface area contributed by atoms with E-state index in [2.05, 4.69) is 5.32 Å². The number of carbonyl (C=O) groups is 3. The number of thioether (sulfide) groups is 1. The molecular weight excluding hydrogens is 363 g/mol. The summed E-state index contributed by atoms with van der Waals surface area (Å²) in [4.78, 5) is 39.5. The van der Waals surface area contributed by atoms with E-state index in [1.807, 2.05) is 19.1 Å². The fourth-order valence-corrected chi connectivity index (χ4v) is 3.92. The number of benzene rings is 1. The number of hydrogen-bond acceptors (Lipinski definition) is 5. The van der Waals surface area contributed by atoms with E-state index in [1.165, 1.54) is 29.5 Å². The van der Waals surface area contributed by atoms with Crippen LogP contribution in [0.25, 0.3) is 6.08 Å². The predicted octanol–water partition coefficient (Wildman–Crippen LogP) is 3.87. The van der Waals surface area contributed by atoms with Crippen molar-refractivity contribution in [1.29, 1.82) is 0 Å². The number of rotatable bonds is 4. The molecule has 2 heterocycles. The molecule has 3 rings (SSSR count). The van der Waals surface area contributed by atoms with Crippen molar-refractivity contribution in [3.05, 3.63) is 56.9 Å². The van der Waals surface area contributed by atoms with E-state index in [9.17, 15) is 18.8 Å². The number of halogens is 1. The molecule has 0 saturated carbocycles. The zero-order valence-electron chi connectivity index (χ0n) is 13.1. The summed E-state index contributed by atoms with van der Waals surface area (Å²) in [7, 11) is 0. The molecule has 2 aromatic rings. The fourth-order valence-electron chi connectivity index (χ4n) is 2.19. The number of nitrogens with zero attached hydrogens (tertiary/aromatic N) is 1. The van der Waals surface area contributed by atoms with Gasteiger partial charge in [0.05, 0.1) is 10.6 Å². The average molecular weight is 376 g/mol. The van der Waals surface area contributed by atoms with Crippen LogP contribution in [0.15, 0.2) is 41.3 Å². The Balaban J connectivity index is 1.69. The summed E-state index contributed by atoms with van der Waals surface area (Å²) in [5.74, 6) is -1.75. The van der Waals surface area contributed by atoms with Gasteiger partial charge in [-0.15, -0.1) is 11.3 Å². The number of nitrogens with one attached hydrogen (secondary N) is 1. The normalized spacial score (nSPS) is 15.9. The molecule has 1 aliphatic rings. The first-order chi connectivity index (χ1) is 11.9. The minimum absolute atomic E-state index is 0.00377. The summed E-state index contributed by atoms with van der Waals surface area (Å²) in [6, 6.07) is 9.46. The van der Waals surface area contributed by atoms with Crippen LogP contribution in [-0.2, 0) is 9.59 Å². The van der Waals surface area contributed by atoms with Gasteiger partial charge in [0, 0.05) is 9.75 Å². The third-order valence-electron chi connectivity index (χ3n) is 3.36. The average Bonchev–Trinajstić information content (AvgIpc) is 3.08. The highest BCUT2D eigenvalue weighted by Crippen LogP contribution is 2.33. The lowest BCUT2D eigenvalue weighted by atomic mass is 10.3. The molecule has 0 atom stereocenters. The van der Waals surface area contributed by atoms with Crippen LogP contribution < -0.4 is 5.32 Å². The number of anilines is 1. The molecule has 0 aliphatic carbocycles. The molecular formula is C17H13FN2O3S2. The van der Waals surface area contributed by atoms with Crippen molar-refractivity contribution in [3.8, 4) is 0 Å². The zero-order valence-corrected chi connectivity index (χ0v) is 14.7. The standard InChI is InChI=1S/C17H13FN2O3S2/c1-10-6-7-11(24-10)8-14-16(22)20(17(23)25-14)9-15(21)19-13-5-3-2-4-12(13)18/h2-8H,9H2,1H3,(H,19,21)/b14-8-. The number of carbonyl (C=O) groups excluding carboxylic acids is 3. The Bertz CT molecular complexity index is 892. The maximum absolute atomic E-state index is 13.5. The van der Waals surface area contributed by atoms with Gasteiger partial charge in [-0.05, 0) is 49.0 Å². The third kappa shape index (κ3) is 3.97. The molecule has 0 unspecified atom stereocenters. The Hall–Kier alpha value is -2.45. The molecule has 0 bridgehead atoms. The summed E-state index contributed by atoms with van der Waals surface area (Å²) < 4.78 is 13.5. The van der Waals surface area contributed by atoms with Gasteiger partial charge in [-0.25, -0.2) is 4.39 Å². The number of aryl methyl sites for hydroxylation is 1. The second kappa shape index (κ2) is 7.20. The maximum Gasteiger partial charge on any atom is 0.294 e. The monoisotopic (exact) mass is 376 g/mol. The van der Waals surface area contributed by atoms with Gasteiger partial charge in [-0.2, -0.15) is 0 Å². The van der Waals surface area contributed by atoms with Gasteiger partial charge in [-0.1, -0.05) is 12.1 Å². The van der Waals surface area contributed by atoms with Crippen molar-refractivity contribution in [2.24, 2.45) is 0 Å². The van der Waals surface area contributed by atoms with Crippen molar-refractivity contribution in [2.75, 3.05) is 11.9 Å². The van der Waals surface area contributed by atoms with Crippen LogP contribution in [0.5, 0.6) is 0 Å². The summed E-state index contributed by atoms with van der Waals surface area (Å²) >= 11 is 2.29. The lowest BCUT2D eigenvalue weighted by molar-refractivity contribution is -0.127. The zero-order chi connectivity index (χ0) is 18.0. The van der Waals surface area contributed by atoms with E-state index < -0.39 is 29.4 Å². The maximum atomic E-state index is 13.5. The molecule has 1 aliphatic heterocycles. The first-order valence-corrected chi connectivity index (χ1v) is 8.93. The summed E-state index contributed by atoms with van der Waals surface area (Å²) in [5, 5.41) is 1.84. The second-order valence-corrected chi connectivity index (χ2v) is 7.56. The third-order valence-corrected chi connectivity index (χ3v) is 5.21. The minimum atomic E-state index is -0.638. The Morgan fingerprint density at radius 2 is 2.00 bits per heavy atom. The van der Waals surface area contributed by atoms with Gasteiger partial charge in [0.1, 0.15) is 12.4 Å². The molecule has 1 aromatic carbocycles. The van der Waals surface area contributed by atoms with Crippen LogP contribution in [0.2, 0.25) is 0 Å². The predicted molar refractivity (Wildman–Crippen MR) is 96.8 cm³/mol. The van der Waals surface area contributed by atoms with E-state index in [0.717, 1.165) is 26.4 Å². The summed E-state index contributed by atoms with van der Waals surface area (Å²) in [6.45, 7) is 1.49. The molecule has 0 spiro atoms. The van der Waals surface area contributed by atoms with Crippen LogP contribution in [0.1, 0.15) is 9.75 Å². The fraction of sp³-hybridized carbons (Fsp3) is 0.118. The minimum Gasteiger partial charge on any atom is -0.322 e. The van der Waals surface area contributed by atoms with Gasteiger partial charge in [0.25, 0.3) is 11.1 Å². The molecule has 8 heteroatoms. The van der Waals surface area contributed by atoms with Crippen molar-refractivity contribution < 1.29 is 18.8 Å². The lowest BCUT2D eigenvalue weighted by Gasteiger charge is -2.12. The van der Waals surface area contributed by atoms with Crippen molar-refractivity contribution in [1.82, 2.24) is 4.90 Å². The highest BCUT2D eigenvalue weighted by molar-refractivity contribution is 8.18. The Morgan fingerprint density at radius 3 is 2.68 bits per heavy atom. The SMILES string of the molecule is Cc1ccc(/C=C2\SC(=O)N(CC(=O)Nc3ccccc3F)C2=O)s1. The first kappa shape index (κ1) is 17.4. The number of imide groups is 1. The van der Waals surface area contributed by atoms with E-state index >= 15 is 0 Å². The van der Waals surface area contributed by atoms with Crippen LogP contribution in [0.3, 0.4) is 0 Å². The van der Waals surface area contributed by atoms with Crippen molar-refractivity contribution >= 4 is 51.9 Å². The van der Waals surface area contributed by atoms with Crippen molar-refractivity contribution in [2.45, 2.75) is 6.92 Å². The van der Waals surface area contributed by atoms with Crippen LogP contribution in [0, 0.1) is 12.7 Å². The van der Waals surface area contributed by atoms with Gasteiger partial charge in [-0.3, -0.25) is 19.3 Å². The van der Waals surface area contributed by atoms with Gasteiger partial charge in [0.2, 0.25) is 5.91 Å². The van der Waals surface area contributed by atoms with Crippen LogP contribution in [-0.4, -0.2) is 28.5 Å². The van der Waals surface area contributed by atoms with Gasteiger partial charge >= 0.3 is 0 Å². The Labute approximate surface area is 151 Å². The molecule has 25 heavy (non-hydrogen) atoms. The molecule has 3 amide bonds. The second-order valence-electron chi connectivity index (χ2n) is 5.24. The van der Waals surface area contributed by atoms with E-state index in [1.54, 1.807) is 12.1 Å². The lowest BCUT2D eigenvalue weighted by Crippen LogP contribution is -2.36. The Morgan fingerprint density at radius 1 is 1.24 bits per heavy atom. The van der Waals surface area contributed by atoms with E-state index in [4.69, 9.17) is 0 Å². The molecule has 0 radical (unpaired) electrons. The smallest absolute Gasteiger partial charge is 0.294 e. The van der Waals surface area contributed by atoms with Crippen molar-refractivity contribution in [3.63, 3.8) is 0 Å². The summed E-state index contributed by atoms with van der Waals surface area (Å²) in [5.41, 5.74) is 0.00377. The quantitative estimate of drug-likeness (QED) is 0.823. The highest BCUT2D eigenvalue weighted by atomic mass is 32.2. The first-order valence-electron chi connectivity index (χ1n) is 7.30. The number of amides is 3. The van der Waals surface area contributed by atoms with E-state index in [-0.39, 0.29) is 10.6 Å². The Kier molecular flexibility index (Phi) is 5.00. The number of hydrogen-bond donors (Lipinski definition) is 1. The number of thiophene rings is 1. The molecule has 1 fully saturated rings. The molecule has 5 nitrogen and oxygen atoms in total. The topological polar surface area (TPSA) is 66.5 Å². The number of para-hydroxylation sites is 1. The molecule has 1 N–H and O–H groups in total. The van der Waals surface area contributed by atoms with E-state index in [0.29, 0.717) is 0 Å². The van der Waals surface area contributed by atoms with Crippen LogP contribution in [0.4, 0.5) is 14.9 Å². The molecule has 1 aromatic heterocycles. The van der Waals surface area contributed by atoms with Crippen LogP contribution >= 0.6 is 23.1 Å². The van der Waals surface area contributed by atoms with Gasteiger partial charge < -0.3 is 5.32 Å². The molecule has 128 valence electrons. The summed E-state index contributed by atoms with van der Waals surface area (Å²) in [6.07, 6.45) is 1.64. The largest absolute Gasteiger partial charge is 0.322 e. The molecule has 1 saturated heterocycles. The highest BCUT2D eigenvalue weighted by Gasteiger charge is 2.36. The van der Waals surface area contributed by atoms with Gasteiger partial charge in [0.15, 0.2) is 0 Å².